The maximum absolute atomic E-state index is 14.5. The molecule has 3 saturated heterocycles. The highest BCUT2D eigenvalue weighted by Crippen LogP contribution is 2.58. The van der Waals surface area contributed by atoms with E-state index in [4.69, 9.17) is 30.8 Å². The van der Waals surface area contributed by atoms with Crippen LogP contribution in [0.15, 0.2) is 4.63 Å². The van der Waals surface area contributed by atoms with Gasteiger partial charge in [-0.1, -0.05) is 5.16 Å². The number of thiophene rings is 1. The molecular formula is C28H32FN11O2S2. The lowest BCUT2D eigenvalue weighted by Gasteiger charge is -2.49. The summed E-state index contributed by atoms with van der Waals surface area (Å²) in [6, 6.07) is 4.34. The fraction of sp³-hybridized carbons (Fsp3) is 0.571. The average Bonchev–Trinajstić information content (AvgIpc) is 3.78. The first-order chi connectivity index (χ1) is 21.2. The van der Waals surface area contributed by atoms with E-state index in [2.05, 4.69) is 27.4 Å². The van der Waals surface area contributed by atoms with Gasteiger partial charge in [0.25, 0.3) is 0 Å². The molecule has 13 nitrogen and oxygen atoms in total. The predicted octanol–water partition coefficient (Wildman–Crippen LogP) is 3.33. The fourth-order valence-electron chi connectivity index (χ4n) is 7.35. The monoisotopic (exact) mass is 637 g/mol. The topological polar surface area (TPSA) is 183 Å². The van der Waals surface area contributed by atoms with Crippen LogP contribution in [-0.2, 0) is 10.5 Å². The first-order valence-electron chi connectivity index (χ1n) is 14.6. The number of nitrogens with zero attached hydrogens (tertiary/aromatic N) is 9. The minimum absolute atomic E-state index is 0.118. The fourth-order valence-corrected chi connectivity index (χ4v) is 10.2. The van der Waals surface area contributed by atoms with Gasteiger partial charge in [0.2, 0.25) is 0 Å². The van der Waals surface area contributed by atoms with Crippen LogP contribution in [0.1, 0.15) is 66.4 Å². The molecule has 4 aliphatic rings. The molecule has 1 spiro atoms. The second kappa shape index (κ2) is 10.6. The molecule has 0 aliphatic carbocycles. The molecule has 3 fully saturated rings. The number of ether oxygens (including phenoxy) is 1. The van der Waals surface area contributed by atoms with Crippen LogP contribution in [0, 0.1) is 22.7 Å². The van der Waals surface area contributed by atoms with E-state index in [1.54, 1.807) is 11.8 Å². The minimum Gasteiger partial charge on any atom is -0.461 e. The molecule has 1 unspecified atom stereocenters. The molecule has 0 saturated carbocycles. The van der Waals surface area contributed by atoms with Crippen LogP contribution in [0.5, 0.6) is 6.01 Å². The number of alkyl halides is 1. The summed E-state index contributed by atoms with van der Waals surface area (Å²) in [5.74, 6) is 1.76. The Labute approximate surface area is 261 Å². The average molecular weight is 638 g/mol. The molecule has 4 aliphatic heterocycles. The number of rotatable bonds is 8. The third kappa shape index (κ3) is 4.34. The summed E-state index contributed by atoms with van der Waals surface area (Å²) >= 11 is 3.27. The SMILES string of the molecule is CCN(c1nc(OC[C@@]23CCCN2C[C@H](F)C3)nc(N2CC3(C2)SCc2sc(N)c(C#N)c23)c1C#N)C(C)c1nonc1N. The largest absolute Gasteiger partial charge is 0.461 e. The molecule has 16 heteroatoms. The van der Waals surface area contributed by atoms with Crippen molar-refractivity contribution in [3.63, 3.8) is 0 Å². The van der Waals surface area contributed by atoms with E-state index < -0.39 is 12.2 Å². The molecule has 3 aromatic rings. The van der Waals surface area contributed by atoms with Crippen molar-refractivity contribution in [1.29, 1.82) is 10.5 Å². The molecule has 0 aromatic carbocycles. The van der Waals surface area contributed by atoms with E-state index >= 15 is 0 Å². The number of hydrogen-bond donors (Lipinski definition) is 2. The van der Waals surface area contributed by atoms with Crippen LogP contribution in [-0.4, -0.2) is 76.2 Å². The van der Waals surface area contributed by atoms with E-state index in [-0.39, 0.29) is 34.3 Å². The Hall–Kier alpha value is -3.86. The van der Waals surface area contributed by atoms with E-state index in [1.807, 2.05) is 23.6 Å². The number of nitrogen functional groups attached to an aromatic ring is 2. The lowest BCUT2D eigenvalue weighted by molar-refractivity contribution is 0.107. The maximum atomic E-state index is 14.5. The Balaban J connectivity index is 1.26. The highest BCUT2D eigenvalue weighted by molar-refractivity contribution is 8.00. The number of thioether (sulfide) groups is 1. The van der Waals surface area contributed by atoms with Crippen LogP contribution in [0.25, 0.3) is 0 Å². The van der Waals surface area contributed by atoms with Crippen LogP contribution in [0.3, 0.4) is 0 Å². The van der Waals surface area contributed by atoms with Crippen molar-refractivity contribution in [1.82, 2.24) is 25.2 Å². The number of hydrogen-bond acceptors (Lipinski definition) is 15. The van der Waals surface area contributed by atoms with Gasteiger partial charge in [0.15, 0.2) is 23.1 Å². The highest BCUT2D eigenvalue weighted by Gasteiger charge is 2.54. The van der Waals surface area contributed by atoms with Gasteiger partial charge in [-0.15, -0.1) is 23.1 Å². The van der Waals surface area contributed by atoms with Gasteiger partial charge in [0.1, 0.15) is 35.5 Å². The number of aromatic nitrogens is 4. The highest BCUT2D eigenvalue weighted by atomic mass is 32.2. The summed E-state index contributed by atoms with van der Waals surface area (Å²) in [6.07, 6.45) is 1.36. The Morgan fingerprint density at radius 3 is 2.73 bits per heavy atom. The summed E-state index contributed by atoms with van der Waals surface area (Å²) in [4.78, 5) is 16.8. The van der Waals surface area contributed by atoms with Crippen molar-refractivity contribution in [2.45, 2.75) is 61.4 Å². The Morgan fingerprint density at radius 1 is 1.23 bits per heavy atom. The van der Waals surface area contributed by atoms with Crippen molar-refractivity contribution >= 4 is 45.6 Å². The Morgan fingerprint density at radius 2 is 2.02 bits per heavy atom. The van der Waals surface area contributed by atoms with Gasteiger partial charge in [-0.25, -0.2) is 9.02 Å². The van der Waals surface area contributed by atoms with Crippen LogP contribution < -0.4 is 26.0 Å². The first kappa shape index (κ1) is 28.9. The van der Waals surface area contributed by atoms with E-state index in [0.29, 0.717) is 60.5 Å². The van der Waals surface area contributed by atoms with E-state index in [1.165, 1.54) is 11.3 Å². The zero-order valence-electron chi connectivity index (χ0n) is 24.4. The van der Waals surface area contributed by atoms with Crippen LogP contribution >= 0.6 is 23.1 Å². The normalized spacial score (nSPS) is 24.0. The standard InChI is InChI=1S/C28H32FN11O2S2/c1-3-40(15(2)21-22(32)37-42-36-21)25-18(9-31)24(34-26(35-25)41-14-27-5-4-6-39(27)10-16(29)7-27)38-12-28(13-38)20-17(8-30)23(33)44-19(20)11-43-28/h15-16H,3-7,10-14,33H2,1-2H3,(H2,32,37)/t15?,16-,27+/m1/s1. The molecule has 3 aromatic heterocycles. The molecule has 3 atom stereocenters. The lowest BCUT2D eigenvalue weighted by Crippen LogP contribution is -2.57. The zero-order valence-corrected chi connectivity index (χ0v) is 26.0. The second-order valence-electron chi connectivity index (χ2n) is 11.9. The van der Waals surface area contributed by atoms with Gasteiger partial charge >= 0.3 is 6.01 Å². The van der Waals surface area contributed by atoms with Crippen LogP contribution in [0.4, 0.5) is 26.8 Å². The molecule has 4 N–H and O–H groups in total. The molecule has 0 amide bonds. The van der Waals surface area contributed by atoms with Gasteiger partial charge in [0.05, 0.1) is 21.9 Å². The summed E-state index contributed by atoms with van der Waals surface area (Å²) in [7, 11) is 0. The summed E-state index contributed by atoms with van der Waals surface area (Å²) in [5, 5.41) is 28.6. The summed E-state index contributed by atoms with van der Waals surface area (Å²) in [5.41, 5.74) is 14.1. The van der Waals surface area contributed by atoms with Gasteiger partial charge in [0, 0.05) is 48.8 Å². The lowest BCUT2D eigenvalue weighted by atomic mass is 9.88. The quantitative estimate of drug-likeness (QED) is 0.367. The molecular weight excluding hydrogens is 606 g/mol. The van der Waals surface area contributed by atoms with E-state index in [0.717, 1.165) is 35.6 Å². The first-order valence-corrected chi connectivity index (χ1v) is 16.4. The predicted molar refractivity (Wildman–Crippen MR) is 164 cm³/mol. The second-order valence-corrected chi connectivity index (χ2v) is 14.4. The van der Waals surface area contributed by atoms with Crippen molar-refractivity contribution in [3.05, 3.63) is 27.3 Å². The third-order valence-electron chi connectivity index (χ3n) is 9.46. The number of fused-ring (bicyclic) bond motifs is 3. The number of halogens is 1. The molecule has 230 valence electrons. The molecule has 44 heavy (non-hydrogen) atoms. The molecule has 7 heterocycles. The molecule has 7 rings (SSSR count). The van der Waals surface area contributed by atoms with Gasteiger partial charge in [-0.05, 0) is 38.4 Å². The van der Waals surface area contributed by atoms with Gasteiger partial charge < -0.3 is 26.0 Å². The smallest absolute Gasteiger partial charge is 0.320 e. The Kier molecular flexibility index (Phi) is 6.99. The molecule has 0 radical (unpaired) electrons. The minimum atomic E-state index is -0.889. The van der Waals surface area contributed by atoms with Gasteiger partial charge in [-0.3, -0.25) is 4.90 Å². The third-order valence-corrected chi connectivity index (χ3v) is 12.1. The number of anilines is 4. The van der Waals surface area contributed by atoms with Crippen molar-refractivity contribution in [2.24, 2.45) is 0 Å². The number of nitriles is 2. The van der Waals surface area contributed by atoms with Crippen molar-refractivity contribution in [2.75, 3.05) is 60.6 Å². The number of nitrogens with two attached hydrogens (primary N) is 2. The zero-order chi connectivity index (χ0) is 30.8. The molecule has 0 bridgehead atoms. The maximum Gasteiger partial charge on any atom is 0.320 e. The van der Waals surface area contributed by atoms with Crippen LogP contribution in [0.2, 0.25) is 0 Å². The van der Waals surface area contributed by atoms with Crippen molar-refractivity contribution in [3.8, 4) is 18.1 Å². The van der Waals surface area contributed by atoms with Crippen molar-refractivity contribution < 1.29 is 13.8 Å². The van der Waals surface area contributed by atoms with Gasteiger partial charge in [-0.2, -0.15) is 20.5 Å². The summed E-state index contributed by atoms with van der Waals surface area (Å²) < 4.78 is 25.3. The van der Waals surface area contributed by atoms with E-state index in [9.17, 15) is 14.9 Å². The Bertz CT molecular complexity index is 1690. The summed E-state index contributed by atoms with van der Waals surface area (Å²) in [6.45, 7) is 6.89.